The number of rotatable bonds is 43. The number of esters is 2. The summed E-state index contributed by atoms with van der Waals surface area (Å²) in [5.74, 6) is -0.859. The summed E-state index contributed by atoms with van der Waals surface area (Å²) >= 11 is 0. The van der Waals surface area contributed by atoms with Crippen LogP contribution in [-0.2, 0) is 32.7 Å². The van der Waals surface area contributed by atoms with Gasteiger partial charge in [-0.1, -0.05) is 158 Å². The van der Waals surface area contributed by atoms with Gasteiger partial charge in [-0.15, -0.1) is 0 Å². The summed E-state index contributed by atoms with van der Waals surface area (Å²) in [5, 5.41) is 0. The monoisotopic (exact) mass is 864 g/mol. The average Bonchev–Trinajstić information content (AvgIpc) is 3.20. The van der Waals surface area contributed by atoms with E-state index in [4.69, 9.17) is 18.5 Å². The Bertz CT molecular complexity index is 1210. The van der Waals surface area contributed by atoms with Crippen molar-refractivity contribution in [2.24, 2.45) is 0 Å². The second-order valence-corrected chi connectivity index (χ2v) is 18.5. The Balaban J connectivity index is 4.35. The fraction of sp³-hybridized carbons (Fsp3) is 0.760. The van der Waals surface area contributed by atoms with Crippen molar-refractivity contribution < 1.29 is 42.1 Å². The van der Waals surface area contributed by atoms with Crippen LogP contribution in [0.4, 0.5) is 0 Å². The minimum absolute atomic E-state index is 0.0374. The first-order chi connectivity index (χ1) is 29.0. The number of carbonyl (C=O) groups is 2. The minimum Gasteiger partial charge on any atom is -0.756 e. The van der Waals surface area contributed by atoms with Crippen molar-refractivity contribution in [1.82, 2.24) is 0 Å². The predicted octanol–water partition coefficient (Wildman–Crippen LogP) is 13.4. The van der Waals surface area contributed by atoms with Gasteiger partial charge in [-0.2, -0.15) is 0 Å². The number of allylic oxidation sites excluding steroid dienone is 10. The number of nitrogens with zero attached hydrogens (tertiary/aromatic N) is 1. The first-order valence-corrected chi connectivity index (χ1v) is 25.5. The summed E-state index contributed by atoms with van der Waals surface area (Å²) in [5.41, 5.74) is 0. The van der Waals surface area contributed by atoms with Crippen LogP contribution in [0.15, 0.2) is 60.8 Å². The van der Waals surface area contributed by atoms with E-state index in [1.165, 1.54) is 70.6 Å². The van der Waals surface area contributed by atoms with Crippen molar-refractivity contribution in [1.29, 1.82) is 0 Å². The van der Waals surface area contributed by atoms with E-state index in [-0.39, 0.29) is 26.1 Å². The maximum Gasteiger partial charge on any atom is 0.306 e. The Kier molecular flexibility index (Phi) is 40.4. The van der Waals surface area contributed by atoms with Gasteiger partial charge < -0.3 is 27.9 Å². The van der Waals surface area contributed by atoms with Gasteiger partial charge in [0, 0.05) is 12.8 Å². The van der Waals surface area contributed by atoms with Crippen molar-refractivity contribution >= 4 is 19.8 Å². The Labute approximate surface area is 368 Å². The first kappa shape index (κ1) is 57.7. The summed E-state index contributed by atoms with van der Waals surface area (Å²) in [6, 6.07) is 0. The first-order valence-electron chi connectivity index (χ1n) is 24.0. The summed E-state index contributed by atoms with van der Waals surface area (Å²) in [6.07, 6.45) is 50.9. The number of hydrogen-bond donors (Lipinski definition) is 0. The molecule has 0 bridgehead atoms. The number of unbranched alkanes of at least 4 members (excludes halogenated alkanes) is 19. The summed E-state index contributed by atoms with van der Waals surface area (Å²) in [6.45, 7) is 4.15. The summed E-state index contributed by atoms with van der Waals surface area (Å²) < 4.78 is 34.0. The number of ether oxygens (including phenoxy) is 2. The SMILES string of the molecule is CCCCC/C=C\C/C=C\C/C=C\CCCCCCCCC(=O)OC(COC(=O)CCCCCCCCC/C=C\C/C=C\CCCCC)COP(=O)([O-])OCC[N+](C)(C)C. The topological polar surface area (TPSA) is 111 Å². The summed E-state index contributed by atoms with van der Waals surface area (Å²) in [4.78, 5) is 37.6. The number of quaternary nitrogens is 1. The maximum absolute atomic E-state index is 12.7. The third kappa shape index (κ3) is 45.2. The number of phosphoric acid groups is 1. The quantitative estimate of drug-likeness (QED) is 0.0196. The lowest BCUT2D eigenvalue weighted by Gasteiger charge is -2.28. The van der Waals surface area contributed by atoms with Crippen LogP contribution in [0.1, 0.15) is 194 Å². The molecule has 0 heterocycles. The number of likely N-dealkylation sites (N-methyl/N-ethyl adjacent to an activating group) is 1. The molecule has 0 aliphatic carbocycles. The van der Waals surface area contributed by atoms with Gasteiger partial charge in [-0.25, -0.2) is 0 Å². The lowest BCUT2D eigenvalue weighted by molar-refractivity contribution is -0.870. The Morgan fingerprint density at radius 1 is 0.517 bits per heavy atom. The van der Waals surface area contributed by atoms with Crippen molar-refractivity contribution in [2.75, 3.05) is 47.5 Å². The highest BCUT2D eigenvalue weighted by molar-refractivity contribution is 7.45. The molecule has 0 N–H and O–H groups in total. The molecule has 0 aromatic carbocycles. The van der Waals surface area contributed by atoms with Gasteiger partial charge in [0.1, 0.15) is 19.8 Å². The van der Waals surface area contributed by atoms with E-state index >= 15 is 0 Å². The third-order valence-electron chi connectivity index (χ3n) is 10.0. The molecule has 0 saturated heterocycles. The van der Waals surface area contributed by atoms with E-state index in [2.05, 4.69) is 74.6 Å². The zero-order valence-electron chi connectivity index (χ0n) is 39.1. The number of carbonyl (C=O) groups excluding carboxylic acids is 2. The highest BCUT2D eigenvalue weighted by Crippen LogP contribution is 2.38. The zero-order chi connectivity index (χ0) is 44.3. The van der Waals surface area contributed by atoms with E-state index in [0.29, 0.717) is 17.4 Å². The molecule has 0 aromatic heterocycles. The molecular weight excluding hydrogens is 774 g/mol. The predicted molar refractivity (Wildman–Crippen MR) is 250 cm³/mol. The van der Waals surface area contributed by atoms with Crippen molar-refractivity contribution in [3.63, 3.8) is 0 Å². The molecule has 9 nitrogen and oxygen atoms in total. The molecule has 0 aromatic rings. The average molecular weight is 864 g/mol. The van der Waals surface area contributed by atoms with Gasteiger partial charge >= 0.3 is 11.9 Å². The molecule has 0 saturated carbocycles. The van der Waals surface area contributed by atoms with E-state index in [1.54, 1.807) is 0 Å². The van der Waals surface area contributed by atoms with Gasteiger partial charge in [0.2, 0.25) is 0 Å². The van der Waals surface area contributed by atoms with Crippen LogP contribution in [0.25, 0.3) is 0 Å². The Hall–Kier alpha value is -2.29. The van der Waals surface area contributed by atoms with Crippen LogP contribution in [0, 0.1) is 0 Å². The van der Waals surface area contributed by atoms with Gasteiger partial charge in [-0.05, 0) is 83.5 Å². The van der Waals surface area contributed by atoms with Gasteiger partial charge in [0.05, 0.1) is 27.7 Å². The number of phosphoric ester groups is 1. The molecule has 2 atom stereocenters. The molecule has 60 heavy (non-hydrogen) atoms. The second kappa shape index (κ2) is 42.0. The molecule has 0 fully saturated rings. The molecule has 0 spiro atoms. The van der Waals surface area contributed by atoms with E-state index in [0.717, 1.165) is 89.9 Å². The van der Waals surface area contributed by atoms with Crippen LogP contribution in [0.2, 0.25) is 0 Å². The fourth-order valence-corrected chi connectivity index (χ4v) is 6.95. The van der Waals surface area contributed by atoms with Crippen LogP contribution < -0.4 is 4.89 Å². The van der Waals surface area contributed by atoms with E-state index in [9.17, 15) is 19.0 Å². The molecule has 348 valence electrons. The molecule has 0 radical (unpaired) electrons. The van der Waals surface area contributed by atoms with Crippen LogP contribution >= 0.6 is 7.82 Å². The van der Waals surface area contributed by atoms with Crippen molar-refractivity contribution in [2.45, 2.75) is 200 Å². The van der Waals surface area contributed by atoms with E-state index < -0.39 is 32.5 Å². The van der Waals surface area contributed by atoms with Crippen molar-refractivity contribution in [3.05, 3.63) is 60.8 Å². The second-order valence-electron chi connectivity index (χ2n) is 17.1. The normalized spacial score (nSPS) is 14.0. The van der Waals surface area contributed by atoms with Crippen LogP contribution in [0.3, 0.4) is 0 Å². The molecular formula is C50H90NO8P. The maximum atomic E-state index is 12.7. The fourth-order valence-electron chi connectivity index (χ4n) is 6.22. The molecule has 0 aliphatic heterocycles. The lowest BCUT2D eigenvalue weighted by atomic mass is 10.1. The molecule has 2 unspecified atom stereocenters. The van der Waals surface area contributed by atoms with Crippen molar-refractivity contribution in [3.8, 4) is 0 Å². The Morgan fingerprint density at radius 3 is 1.33 bits per heavy atom. The minimum atomic E-state index is -4.64. The molecule has 0 aliphatic rings. The largest absolute Gasteiger partial charge is 0.756 e. The number of hydrogen-bond acceptors (Lipinski definition) is 8. The molecule has 10 heteroatoms. The lowest BCUT2D eigenvalue weighted by Crippen LogP contribution is -2.37. The zero-order valence-corrected chi connectivity index (χ0v) is 40.0. The van der Waals surface area contributed by atoms with Gasteiger partial charge in [0.15, 0.2) is 6.10 Å². The highest BCUT2D eigenvalue weighted by atomic mass is 31.2. The van der Waals surface area contributed by atoms with E-state index in [1.807, 2.05) is 21.1 Å². The molecule has 0 rings (SSSR count). The van der Waals surface area contributed by atoms with Crippen LogP contribution in [0.5, 0.6) is 0 Å². The smallest absolute Gasteiger partial charge is 0.306 e. The Morgan fingerprint density at radius 2 is 0.900 bits per heavy atom. The van der Waals surface area contributed by atoms with Crippen LogP contribution in [-0.4, -0.2) is 70.0 Å². The molecule has 0 amide bonds. The van der Waals surface area contributed by atoms with Gasteiger partial charge in [0.25, 0.3) is 7.82 Å². The standard InChI is InChI=1S/C50H90NO8P/c1-6-8-10-12-14-16-18-20-22-24-25-27-29-31-33-35-37-39-41-43-50(53)59-48(47-58-60(54,55)57-45-44-51(3,4)5)46-56-49(52)42-40-38-36-34-32-30-28-26-23-21-19-17-15-13-11-9-7-2/h14-17,20-23,25,27,48H,6-13,18-19,24,26,28-47H2,1-5H3/b16-14-,17-15-,22-20-,23-21-,27-25-. The summed E-state index contributed by atoms with van der Waals surface area (Å²) in [7, 11) is 1.14. The highest BCUT2D eigenvalue weighted by Gasteiger charge is 2.21. The third-order valence-corrected chi connectivity index (χ3v) is 11.0. The van der Waals surface area contributed by atoms with Gasteiger partial charge in [-0.3, -0.25) is 14.2 Å².